The molecule has 1 heterocycles. The van der Waals surface area contributed by atoms with E-state index in [1.807, 2.05) is 18.2 Å². The van der Waals surface area contributed by atoms with Crippen LogP contribution in [0.1, 0.15) is 12.0 Å². The summed E-state index contributed by atoms with van der Waals surface area (Å²) in [5.74, 6) is -1.86. The predicted molar refractivity (Wildman–Crippen MR) is 64.7 cm³/mol. The largest absolute Gasteiger partial charge is 0.406 e. The Kier molecular flexibility index (Phi) is 4.29. The standard InChI is InChI=1S/C13H15F3N2O2/c14-13(15,16)11(17-20)10-6-7-18(12(10)19)8-9-4-2-1-3-5-9/h1-5,10-11,17,20H,6-8H2. The van der Waals surface area contributed by atoms with Crippen LogP contribution in [-0.4, -0.2) is 34.8 Å². The molecule has 0 saturated carbocycles. The van der Waals surface area contributed by atoms with Crippen LogP contribution in [0.15, 0.2) is 30.3 Å². The molecule has 0 aromatic heterocycles. The van der Waals surface area contributed by atoms with Crippen LogP contribution in [0.4, 0.5) is 13.2 Å². The molecular weight excluding hydrogens is 273 g/mol. The van der Waals surface area contributed by atoms with E-state index in [4.69, 9.17) is 5.21 Å². The first kappa shape index (κ1) is 14.8. The third-order valence-electron chi connectivity index (χ3n) is 3.45. The third-order valence-corrected chi connectivity index (χ3v) is 3.45. The van der Waals surface area contributed by atoms with Crippen LogP contribution in [0.5, 0.6) is 0 Å². The smallest absolute Gasteiger partial charge is 0.338 e. The number of halogens is 3. The van der Waals surface area contributed by atoms with Gasteiger partial charge in [0.15, 0.2) is 0 Å². The van der Waals surface area contributed by atoms with E-state index in [0.29, 0.717) is 0 Å². The fourth-order valence-electron chi connectivity index (χ4n) is 2.42. The highest BCUT2D eigenvalue weighted by atomic mass is 19.4. The predicted octanol–water partition coefficient (Wildman–Crippen LogP) is 1.94. The number of benzene rings is 1. The summed E-state index contributed by atoms with van der Waals surface area (Å²) < 4.78 is 38.1. The Balaban J connectivity index is 2.06. The van der Waals surface area contributed by atoms with E-state index >= 15 is 0 Å². The lowest BCUT2D eigenvalue weighted by Crippen LogP contribution is -2.48. The molecule has 1 fully saturated rings. The summed E-state index contributed by atoms with van der Waals surface area (Å²) in [5.41, 5.74) is 2.09. The van der Waals surface area contributed by atoms with Gasteiger partial charge in [0.25, 0.3) is 0 Å². The quantitative estimate of drug-likeness (QED) is 0.833. The number of rotatable bonds is 4. The number of alkyl halides is 3. The summed E-state index contributed by atoms with van der Waals surface area (Å²) in [4.78, 5) is 13.4. The SMILES string of the molecule is O=C1C(C(NO)C(F)(F)F)CCN1Cc1ccccc1. The minimum atomic E-state index is -4.65. The molecule has 2 atom stereocenters. The van der Waals surface area contributed by atoms with Crippen molar-refractivity contribution in [1.29, 1.82) is 0 Å². The molecule has 1 aliphatic rings. The topological polar surface area (TPSA) is 52.6 Å². The lowest BCUT2D eigenvalue weighted by molar-refractivity contribution is -0.191. The van der Waals surface area contributed by atoms with Crippen molar-refractivity contribution in [3.8, 4) is 0 Å². The number of hydroxylamine groups is 1. The average molecular weight is 288 g/mol. The van der Waals surface area contributed by atoms with E-state index in [1.165, 1.54) is 10.4 Å². The molecule has 1 saturated heterocycles. The molecule has 2 N–H and O–H groups in total. The maximum absolute atomic E-state index is 12.7. The normalized spacial score (nSPS) is 21.3. The van der Waals surface area contributed by atoms with E-state index in [0.717, 1.165) is 5.56 Å². The van der Waals surface area contributed by atoms with Crippen molar-refractivity contribution in [2.24, 2.45) is 5.92 Å². The highest BCUT2D eigenvalue weighted by Gasteiger charge is 2.50. The first-order valence-electron chi connectivity index (χ1n) is 6.22. The molecule has 0 bridgehead atoms. The number of carbonyl (C=O) groups excluding carboxylic acids is 1. The second-order valence-corrected chi connectivity index (χ2v) is 4.79. The minimum Gasteiger partial charge on any atom is -0.338 e. The molecular formula is C13H15F3N2O2. The Morgan fingerprint density at radius 3 is 2.55 bits per heavy atom. The molecule has 4 nitrogen and oxygen atoms in total. The van der Waals surface area contributed by atoms with Gasteiger partial charge in [0.05, 0.1) is 5.92 Å². The number of nitrogens with zero attached hydrogens (tertiary/aromatic N) is 1. The first-order chi connectivity index (χ1) is 9.43. The van der Waals surface area contributed by atoms with Gasteiger partial charge in [0, 0.05) is 13.1 Å². The second-order valence-electron chi connectivity index (χ2n) is 4.79. The number of hydrogen-bond acceptors (Lipinski definition) is 3. The highest BCUT2D eigenvalue weighted by Crippen LogP contribution is 2.32. The molecule has 1 aliphatic heterocycles. The first-order valence-corrected chi connectivity index (χ1v) is 6.22. The van der Waals surface area contributed by atoms with Gasteiger partial charge in [-0.25, -0.2) is 0 Å². The van der Waals surface area contributed by atoms with Crippen molar-refractivity contribution >= 4 is 5.91 Å². The third kappa shape index (κ3) is 3.10. The average Bonchev–Trinajstić information content (AvgIpc) is 2.73. The van der Waals surface area contributed by atoms with Gasteiger partial charge in [-0.15, -0.1) is 0 Å². The van der Waals surface area contributed by atoms with E-state index < -0.39 is 24.0 Å². The number of amides is 1. The van der Waals surface area contributed by atoms with Gasteiger partial charge in [-0.2, -0.15) is 18.7 Å². The Morgan fingerprint density at radius 2 is 2.00 bits per heavy atom. The number of hydrogen-bond donors (Lipinski definition) is 2. The van der Waals surface area contributed by atoms with Gasteiger partial charge in [-0.1, -0.05) is 30.3 Å². The maximum Gasteiger partial charge on any atom is 0.406 e. The summed E-state index contributed by atoms with van der Waals surface area (Å²) in [6.07, 6.45) is -4.58. The lowest BCUT2D eigenvalue weighted by atomic mass is 9.98. The molecule has 20 heavy (non-hydrogen) atoms. The van der Waals surface area contributed by atoms with Crippen molar-refractivity contribution in [3.63, 3.8) is 0 Å². The zero-order valence-electron chi connectivity index (χ0n) is 10.6. The van der Waals surface area contributed by atoms with Gasteiger partial charge in [0.2, 0.25) is 5.91 Å². The summed E-state index contributed by atoms with van der Waals surface area (Å²) in [5, 5.41) is 8.68. The highest BCUT2D eigenvalue weighted by molar-refractivity contribution is 5.81. The Labute approximate surface area is 114 Å². The fraction of sp³-hybridized carbons (Fsp3) is 0.462. The van der Waals surface area contributed by atoms with Crippen molar-refractivity contribution in [3.05, 3.63) is 35.9 Å². The van der Waals surface area contributed by atoms with Crippen LogP contribution in [-0.2, 0) is 11.3 Å². The molecule has 2 rings (SSSR count). The number of likely N-dealkylation sites (tertiary alicyclic amines) is 1. The van der Waals surface area contributed by atoms with Gasteiger partial charge < -0.3 is 10.1 Å². The molecule has 0 spiro atoms. The zero-order chi connectivity index (χ0) is 14.8. The molecule has 2 unspecified atom stereocenters. The Hall–Kier alpha value is -1.60. The number of carbonyl (C=O) groups is 1. The minimum absolute atomic E-state index is 0.0728. The molecule has 7 heteroatoms. The van der Waals surface area contributed by atoms with E-state index in [1.54, 1.807) is 12.1 Å². The van der Waals surface area contributed by atoms with Crippen LogP contribution in [0, 0.1) is 5.92 Å². The van der Waals surface area contributed by atoms with Gasteiger partial charge in [-0.05, 0) is 12.0 Å². The number of nitrogens with one attached hydrogen (secondary N) is 1. The van der Waals surface area contributed by atoms with Crippen molar-refractivity contribution < 1.29 is 23.2 Å². The maximum atomic E-state index is 12.7. The molecule has 110 valence electrons. The lowest BCUT2D eigenvalue weighted by Gasteiger charge is -2.24. The van der Waals surface area contributed by atoms with Gasteiger partial charge in [-0.3, -0.25) is 4.79 Å². The molecule has 1 aromatic rings. The van der Waals surface area contributed by atoms with Gasteiger partial charge in [0.1, 0.15) is 6.04 Å². The molecule has 0 aliphatic carbocycles. The van der Waals surface area contributed by atoms with Crippen molar-refractivity contribution in [2.45, 2.75) is 25.2 Å². The van der Waals surface area contributed by atoms with E-state index in [2.05, 4.69) is 0 Å². The van der Waals surface area contributed by atoms with Crippen molar-refractivity contribution in [2.75, 3.05) is 6.54 Å². The van der Waals surface area contributed by atoms with Crippen LogP contribution in [0.25, 0.3) is 0 Å². The second kappa shape index (κ2) is 5.80. The summed E-state index contributed by atoms with van der Waals surface area (Å²) in [6, 6.07) is 6.85. The zero-order valence-corrected chi connectivity index (χ0v) is 10.6. The van der Waals surface area contributed by atoms with Gasteiger partial charge >= 0.3 is 6.18 Å². The van der Waals surface area contributed by atoms with Crippen LogP contribution < -0.4 is 5.48 Å². The van der Waals surface area contributed by atoms with Crippen LogP contribution in [0.2, 0.25) is 0 Å². The van der Waals surface area contributed by atoms with Crippen molar-refractivity contribution in [1.82, 2.24) is 10.4 Å². The summed E-state index contributed by atoms with van der Waals surface area (Å²) >= 11 is 0. The summed E-state index contributed by atoms with van der Waals surface area (Å²) in [7, 11) is 0. The molecule has 0 radical (unpaired) electrons. The fourth-order valence-corrected chi connectivity index (χ4v) is 2.42. The van der Waals surface area contributed by atoms with E-state index in [9.17, 15) is 18.0 Å². The van der Waals surface area contributed by atoms with Crippen LogP contribution >= 0.6 is 0 Å². The Bertz CT molecular complexity index is 464. The summed E-state index contributed by atoms with van der Waals surface area (Å²) in [6.45, 7) is 0.541. The molecule has 1 aromatic carbocycles. The van der Waals surface area contributed by atoms with E-state index in [-0.39, 0.29) is 19.5 Å². The monoisotopic (exact) mass is 288 g/mol. The molecule has 1 amide bonds. The van der Waals surface area contributed by atoms with Crippen LogP contribution in [0.3, 0.4) is 0 Å². The Morgan fingerprint density at radius 1 is 1.35 bits per heavy atom.